The Bertz CT molecular complexity index is 145. The molecule has 0 aromatic carbocycles. The summed E-state index contributed by atoms with van der Waals surface area (Å²) in [4.78, 5) is 3.66. The molecule has 11 heavy (non-hydrogen) atoms. The Morgan fingerprint density at radius 2 is 2.00 bits per heavy atom. The molecule has 0 radical (unpaired) electrons. The molecular formula is C9H17NO. The number of aromatic nitrogens is 1. The molecule has 0 atom stereocenters. The van der Waals surface area contributed by atoms with Gasteiger partial charge in [-0.1, -0.05) is 33.1 Å². The van der Waals surface area contributed by atoms with E-state index in [4.69, 9.17) is 4.42 Å². The van der Waals surface area contributed by atoms with Crippen molar-refractivity contribution in [3.8, 4) is 0 Å². The highest BCUT2D eigenvalue weighted by Crippen LogP contribution is 1.88. The van der Waals surface area contributed by atoms with Gasteiger partial charge in [0.15, 0.2) is 6.39 Å². The number of hydrogen-bond donors (Lipinski definition) is 0. The Kier molecular flexibility index (Phi) is 6.79. The molecule has 0 aliphatic heterocycles. The molecule has 0 unspecified atom stereocenters. The largest absolute Gasteiger partial charge is 0.449 e. The highest BCUT2D eigenvalue weighted by atomic mass is 16.3. The fourth-order valence-electron chi connectivity index (χ4n) is 0.633. The molecule has 0 bridgehead atoms. The van der Waals surface area contributed by atoms with Crippen LogP contribution in [0.3, 0.4) is 0 Å². The van der Waals surface area contributed by atoms with Crippen molar-refractivity contribution in [2.24, 2.45) is 0 Å². The number of oxazole rings is 1. The second kappa shape index (κ2) is 7.32. The lowest BCUT2D eigenvalue weighted by molar-refractivity contribution is 0.527. The van der Waals surface area contributed by atoms with Crippen LogP contribution in [0.15, 0.2) is 17.0 Å². The van der Waals surface area contributed by atoms with Gasteiger partial charge in [0.05, 0.1) is 6.20 Å². The first-order chi connectivity index (χ1) is 5.31. The third-order valence-corrected chi connectivity index (χ3v) is 1.26. The van der Waals surface area contributed by atoms with Gasteiger partial charge in [-0.05, 0) is 6.92 Å². The predicted octanol–water partition coefficient (Wildman–Crippen LogP) is 3.18. The van der Waals surface area contributed by atoms with E-state index in [1.807, 2.05) is 6.92 Å². The lowest BCUT2D eigenvalue weighted by Gasteiger charge is -1.79. The first-order valence-corrected chi connectivity index (χ1v) is 4.16. The van der Waals surface area contributed by atoms with Crippen LogP contribution in [0.25, 0.3) is 0 Å². The van der Waals surface area contributed by atoms with E-state index in [0.717, 1.165) is 5.76 Å². The van der Waals surface area contributed by atoms with Gasteiger partial charge in [0.2, 0.25) is 0 Å². The normalized spacial score (nSPS) is 8.64. The Labute approximate surface area is 68.6 Å². The third kappa shape index (κ3) is 7.10. The van der Waals surface area contributed by atoms with Gasteiger partial charge < -0.3 is 4.42 Å². The molecule has 2 nitrogen and oxygen atoms in total. The van der Waals surface area contributed by atoms with Gasteiger partial charge in [-0.2, -0.15) is 0 Å². The van der Waals surface area contributed by atoms with Gasteiger partial charge in [-0.3, -0.25) is 0 Å². The molecule has 0 saturated carbocycles. The molecule has 0 fully saturated rings. The minimum Gasteiger partial charge on any atom is -0.449 e. The fraction of sp³-hybridized carbons (Fsp3) is 0.667. The summed E-state index contributed by atoms with van der Waals surface area (Å²) in [6.45, 7) is 6.28. The monoisotopic (exact) mass is 155 g/mol. The van der Waals surface area contributed by atoms with E-state index in [1.165, 1.54) is 25.7 Å². The molecule has 0 aliphatic carbocycles. The Balaban J connectivity index is 0.000000187. The zero-order valence-electron chi connectivity index (χ0n) is 7.63. The molecule has 0 spiro atoms. The Hall–Kier alpha value is -0.790. The number of nitrogens with zero attached hydrogens (tertiary/aromatic N) is 1. The van der Waals surface area contributed by atoms with Crippen LogP contribution in [0.1, 0.15) is 38.9 Å². The SMILES string of the molecule is CCCCC.Cc1cnco1. The smallest absolute Gasteiger partial charge is 0.180 e. The molecular weight excluding hydrogens is 138 g/mol. The molecule has 0 amide bonds. The van der Waals surface area contributed by atoms with Gasteiger partial charge >= 0.3 is 0 Å². The molecule has 0 N–H and O–H groups in total. The van der Waals surface area contributed by atoms with Crippen LogP contribution in [-0.4, -0.2) is 4.98 Å². The minimum atomic E-state index is 0.856. The van der Waals surface area contributed by atoms with Crippen molar-refractivity contribution in [1.29, 1.82) is 0 Å². The zero-order valence-corrected chi connectivity index (χ0v) is 7.63. The van der Waals surface area contributed by atoms with Crippen LogP contribution >= 0.6 is 0 Å². The lowest BCUT2D eigenvalue weighted by atomic mass is 10.3. The molecule has 1 aromatic heterocycles. The van der Waals surface area contributed by atoms with Crippen molar-refractivity contribution in [1.82, 2.24) is 4.98 Å². The fourth-order valence-corrected chi connectivity index (χ4v) is 0.633. The minimum absolute atomic E-state index is 0.856. The molecule has 0 aliphatic rings. The van der Waals surface area contributed by atoms with E-state index in [0.29, 0.717) is 0 Å². The van der Waals surface area contributed by atoms with E-state index in [1.54, 1.807) is 6.20 Å². The average Bonchev–Trinajstić information content (AvgIpc) is 2.43. The van der Waals surface area contributed by atoms with Crippen LogP contribution in [0.4, 0.5) is 0 Å². The maximum atomic E-state index is 4.72. The van der Waals surface area contributed by atoms with Gasteiger partial charge in [-0.25, -0.2) is 4.98 Å². The summed E-state index contributed by atoms with van der Waals surface area (Å²) >= 11 is 0. The van der Waals surface area contributed by atoms with Gasteiger partial charge in [-0.15, -0.1) is 0 Å². The quantitative estimate of drug-likeness (QED) is 0.655. The van der Waals surface area contributed by atoms with E-state index < -0.39 is 0 Å². The maximum Gasteiger partial charge on any atom is 0.180 e. The van der Waals surface area contributed by atoms with Crippen LogP contribution in [0, 0.1) is 6.92 Å². The summed E-state index contributed by atoms with van der Waals surface area (Å²) in [5.41, 5.74) is 0. The molecule has 1 heterocycles. The second-order valence-corrected chi connectivity index (χ2v) is 2.47. The summed E-state index contributed by atoms with van der Waals surface area (Å²) in [6, 6.07) is 0. The van der Waals surface area contributed by atoms with Gasteiger partial charge in [0, 0.05) is 0 Å². The van der Waals surface area contributed by atoms with Crippen molar-refractivity contribution in [3.05, 3.63) is 18.4 Å². The molecule has 1 aromatic rings. The third-order valence-electron chi connectivity index (χ3n) is 1.26. The van der Waals surface area contributed by atoms with E-state index in [9.17, 15) is 0 Å². The van der Waals surface area contributed by atoms with Crippen molar-refractivity contribution in [2.45, 2.75) is 40.0 Å². The Morgan fingerprint density at radius 1 is 1.36 bits per heavy atom. The van der Waals surface area contributed by atoms with Crippen LogP contribution in [-0.2, 0) is 0 Å². The van der Waals surface area contributed by atoms with Crippen molar-refractivity contribution >= 4 is 0 Å². The second-order valence-electron chi connectivity index (χ2n) is 2.47. The van der Waals surface area contributed by atoms with E-state index in [-0.39, 0.29) is 0 Å². The highest BCUT2D eigenvalue weighted by molar-refractivity contribution is 4.80. The summed E-state index contributed by atoms with van der Waals surface area (Å²) in [5.74, 6) is 0.856. The first kappa shape index (κ1) is 10.2. The maximum absolute atomic E-state index is 4.72. The molecule has 1 rings (SSSR count). The number of unbranched alkanes of at least 4 members (excludes halogenated alkanes) is 2. The van der Waals surface area contributed by atoms with Crippen molar-refractivity contribution in [2.75, 3.05) is 0 Å². The predicted molar refractivity (Wildman–Crippen MR) is 46.4 cm³/mol. The number of hydrogen-bond acceptors (Lipinski definition) is 2. The summed E-state index contributed by atoms with van der Waals surface area (Å²) in [7, 11) is 0. The van der Waals surface area contributed by atoms with Crippen molar-refractivity contribution < 1.29 is 4.42 Å². The topological polar surface area (TPSA) is 26.0 Å². The van der Waals surface area contributed by atoms with Gasteiger partial charge in [0.25, 0.3) is 0 Å². The number of aryl methyl sites for hydroxylation is 1. The van der Waals surface area contributed by atoms with Crippen molar-refractivity contribution in [3.63, 3.8) is 0 Å². The van der Waals surface area contributed by atoms with Crippen LogP contribution < -0.4 is 0 Å². The lowest BCUT2D eigenvalue weighted by Crippen LogP contribution is -1.59. The Morgan fingerprint density at radius 3 is 2.09 bits per heavy atom. The van der Waals surface area contributed by atoms with Gasteiger partial charge in [0.1, 0.15) is 5.76 Å². The molecule has 0 saturated heterocycles. The summed E-state index contributed by atoms with van der Waals surface area (Å²) in [6.07, 6.45) is 7.16. The van der Waals surface area contributed by atoms with E-state index in [2.05, 4.69) is 18.8 Å². The zero-order chi connectivity index (χ0) is 8.53. The molecule has 64 valence electrons. The average molecular weight is 155 g/mol. The summed E-state index contributed by atoms with van der Waals surface area (Å²) < 4.78 is 4.72. The summed E-state index contributed by atoms with van der Waals surface area (Å²) in [5, 5.41) is 0. The highest BCUT2D eigenvalue weighted by Gasteiger charge is 1.77. The van der Waals surface area contributed by atoms with E-state index >= 15 is 0 Å². The van der Waals surface area contributed by atoms with Crippen LogP contribution in [0.5, 0.6) is 0 Å². The number of rotatable bonds is 2. The molecule has 2 heteroatoms. The van der Waals surface area contributed by atoms with Crippen LogP contribution in [0.2, 0.25) is 0 Å². The first-order valence-electron chi connectivity index (χ1n) is 4.16. The standard InChI is InChI=1S/C5H12.C4H5NO/c1-3-5-4-2;1-4-2-5-3-6-4/h3-5H2,1-2H3;2-3H,1H3.